The number of aromatic carboxylic acids is 1. The average Bonchev–Trinajstić information content (AvgIpc) is 2.90. The molecule has 1 aromatic carbocycles. The Hall–Kier alpha value is -2.04. The van der Waals surface area contributed by atoms with E-state index >= 15 is 0 Å². The maximum Gasteiger partial charge on any atom is 0.335 e. The number of rotatable bonds is 3. The van der Waals surface area contributed by atoms with Crippen LogP contribution in [0.15, 0.2) is 22.6 Å². The van der Waals surface area contributed by atoms with E-state index in [2.05, 4.69) is 9.88 Å². The number of hydrogen-bond donors (Lipinski definition) is 1. The summed E-state index contributed by atoms with van der Waals surface area (Å²) in [7, 11) is 2.00. The Labute approximate surface area is 117 Å². The number of aromatic nitrogens is 1. The van der Waals surface area contributed by atoms with Crippen LogP contribution in [0.1, 0.15) is 42.5 Å². The van der Waals surface area contributed by atoms with Crippen LogP contribution in [-0.4, -0.2) is 29.1 Å². The highest BCUT2D eigenvalue weighted by atomic mass is 16.4. The quantitative estimate of drug-likeness (QED) is 0.930. The molecule has 0 amide bonds. The summed E-state index contributed by atoms with van der Waals surface area (Å²) >= 11 is 0. The summed E-state index contributed by atoms with van der Waals surface area (Å²) in [6.07, 6.45) is 6.13. The van der Waals surface area contributed by atoms with Crippen molar-refractivity contribution in [3.05, 3.63) is 23.8 Å². The minimum absolute atomic E-state index is 0.223. The first-order valence-electron chi connectivity index (χ1n) is 7.02. The molecule has 2 aromatic rings. The zero-order valence-corrected chi connectivity index (χ0v) is 11.5. The molecule has 106 valence electrons. The summed E-state index contributed by atoms with van der Waals surface area (Å²) < 4.78 is 5.73. The Kier molecular flexibility index (Phi) is 3.34. The van der Waals surface area contributed by atoms with Crippen molar-refractivity contribution in [2.75, 3.05) is 11.9 Å². The highest BCUT2D eigenvalue weighted by Gasteiger charge is 2.22. The predicted octanol–water partition coefficient (Wildman–Crippen LogP) is 3.29. The van der Waals surface area contributed by atoms with Gasteiger partial charge in [0.25, 0.3) is 6.01 Å². The van der Waals surface area contributed by atoms with Crippen molar-refractivity contribution in [2.24, 2.45) is 0 Å². The van der Waals surface area contributed by atoms with E-state index in [1.807, 2.05) is 7.05 Å². The number of hydrogen-bond acceptors (Lipinski definition) is 4. The van der Waals surface area contributed by atoms with Gasteiger partial charge in [-0.1, -0.05) is 19.3 Å². The molecule has 20 heavy (non-hydrogen) atoms. The summed E-state index contributed by atoms with van der Waals surface area (Å²) in [5, 5.41) is 8.99. The van der Waals surface area contributed by atoms with E-state index in [0.29, 0.717) is 23.2 Å². The van der Waals surface area contributed by atoms with Crippen LogP contribution in [0.5, 0.6) is 0 Å². The van der Waals surface area contributed by atoms with Crippen molar-refractivity contribution in [1.29, 1.82) is 0 Å². The van der Waals surface area contributed by atoms with Gasteiger partial charge >= 0.3 is 5.97 Å². The summed E-state index contributed by atoms with van der Waals surface area (Å²) in [6, 6.07) is 5.83. The number of carboxylic acids is 1. The normalized spacial score (nSPS) is 16.4. The lowest BCUT2D eigenvalue weighted by atomic mass is 9.95. The lowest BCUT2D eigenvalue weighted by Gasteiger charge is -2.29. The molecular formula is C15H18N2O3. The summed E-state index contributed by atoms with van der Waals surface area (Å²) in [5.74, 6) is -0.953. The van der Waals surface area contributed by atoms with E-state index in [4.69, 9.17) is 9.52 Å². The molecule has 0 bridgehead atoms. The largest absolute Gasteiger partial charge is 0.478 e. The summed E-state index contributed by atoms with van der Waals surface area (Å²) in [4.78, 5) is 17.5. The molecule has 0 unspecified atom stereocenters. The fourth-order valence-electron chi connectivity index (χ4n) is 2.82. The van der Waals surface area contributed by atoms with E-state index in [1.54, 1.807) is 12.1 Å². The van der Waals surface area contributed by atoms with Crippen LogP contribution in [-0.2, 0) is 0 Å². The van der Waals surface area contributed by atoms with Crippen LogP contribution in [0.25, 0.3) is 11.1 Å². The molecular weight excluding hydrogens is 256 g/mol. The van der Waals surface area contributed by atoms with Crippen molar-refractivity contribution in [1.82, 2.24) is 4.98 Å². The van der Waals surface area contributed by atoms with Gasteiger partial charge < -0.3 is 14.4 Å². The van der Waals surface area contributed by atoms with Gasteiger partial charge in [0.1, 0.15) is 5.52 Å². The molecule has 0 radical (unpaired) electrons. The Balaban J connectivity index is 1.89. The minimum Gasteiger partial charge on any atom is -0.478 e. The Morgan fingerprint density at radius 2 is 2.10 bits per heavy atom. The highest BCUT2D eigenvalue weighted by Crippen LogP contribution is 2.28. The third kappa shape index (κ3) is 2.35. The van der Waals surface area contributed by atoms with Crippen LogP contribution in [0.4, 0.5) is 6.01 Å². The van der Waals surface area contributed by atoms with Crippen LogP contribution in [0.3, 0.4) is 0 Å². The SMILES string of the molecule is CN(c1nc2ccc(C(=O)O)cc2o1)C1CCCCC1. The number of anilines is 1. The van der Waals surface area contributed by atoms with E-state index < -0.39 is 5.97 Å². The fourth-order valence-corrected chi connectivity index (χ4v) is 2.82. The summed E-state index contributed by atoms with van der Waals surface area (Å²) in [5.41, 5.74) is 1.45. The van der Waals surface area contributed by atoms with Crippen molar-refractivity contribution in [3.63, 3.8) is 0 Å². The van der Waals surface area contributed by atoms with Crippen molar-refractivity contribution in [2.45, 2.75) is 38.1 Å². The number of fused-ring (bicyclic) bond motifs is 1. The standard InChI is InChI=1S/C15H18N2O3/c1-17(11-5-3-2-4-6-11)15-16-12-8-7-10(14(18)19)9-13(12)20-15/h7-9,11H,2-6H2,1H3,(H,18,19). The van der Waals surface area contributed by atoms with Gasteiger partial charge in [-0.2, -0.15) is 4.98 Å². The third-order valence-electron chi connectivity index (χ3n) is 4.05. The van der Waals surface area contributed by atoms with E-state index in [9.17, 15) is 4.79 Å². The highest BCUT2D eigenvalue weighted by molar-refractivity contribution is 5.92. The maximum absolute atomic E-state index is 11.0. The smallest absolute Gasteiger partial charge is 0.335 e. The van der Waals surface area contributed by atoms with Crippen molar-refractivity contribution >= 4 is 23.1 Å². The van der Waals surface area contributed by atoms with Crippen LogP contribution in [0, 0.1) is 0 Å². The van der Waals surface area contributed by atoms with Gasteiger partial charge in [0.05, 0.1) is 5.56 Å². The Morgan fingerprint density at radius 1 is 1.35 bits per heavy atom. The van der Waals surface area contributed by atoms with Crippen LogP contribution < -0.4 is 4.90 Å². The first-order chi connectivity index (χ1) is 9.65. The van der Waals surface area contributed by atoms with Crippen LogP contribution in [0.2, 0.25) is 0 Å². The van der Waals surface area contributed by atoms with Gasteiger partial charge in [0.15, 0.2) is 5.58 Å². The van der Waals surface area contributed by atoms with Crippen LogP contribution >= 0.6 is 0 Å². The second kappa shape index (κ2) is 5.15. The zero-order chi connectivity index (χ0) is 14.1. The molecule has 1 fully saturated rings. The van der Waals surface area contributed by atoms with Crippen molar-refractivity contribution < 1.29 is 14.3 Å². The first kappa shape index (κ1) is 13.0. The van der Waals surface area contributed by atoms with E-state index in [-0.39, 0.29) is 5.56 Å². The first-order valence-corrected chi connectivity index (χ1v) is 7.02. The molecule has 0 spiro atoms. The van der Waals surface area contributed by atoms with Gasteiger partial charge in [-0.15, -0.1) is 0 Å². The molecule has 5 heteroatoms. The van der Waals surface area contributed by atoms with E-state index in [0.717, 1.165) is 12.8 Å². The molecule has 1 aliphatic carbocycles. The molecule has 5 nitrogen and oxygen atoms in total. The van der Waals surface area contributed by atoms with Gasteiger partial charge in [-0.25, -0.2) is 4.79 Å². The number of nitrogens with zero attached hydrogens (tertiary/aromatic N) is 2. The molecule has 3 rings (SSSR count). The third-order valence-corrected chi connectivity index (χ3v) is 4.05. The molecule has 1 saturated carbocycles. The maximum atomic E-state index is 11.0. The van der Waals surface area contributed by atoms with Crippen molar-refractivity contribution in [3.8, 4) is 0 Å². The summed E-state index contributed by atoms with van der Waals surface area (Å²) in [6.45, 7) is 0. The molecule has 1 heterocycles. The number of carbonyl (C=O) groups is 1. The Morgan fingerprint density at radius 3 is 2.80 bits per heavy atom. The molecule has 0 atom stereocenters. The Bertz CT molecular complexity index is 629. The second-order valence-electron chi connectivity index (χ2n) is 5.39. The minimum atomic E-state index is -0.953. The molecule has 0 aliphatic heterocycles. The fraction of sp³-hybridized carbons (Fsp3) is 0.467. The topological polar surface area (TPSA) is 66.6 Å². The number of oxazole rings is 1. The van der Waals surface area contributed by atoms with Gasteiger partial charge in [-0.05, 0) is 31.0 Å². The van der Waals surface area contributed by atoms with Gasteiger partial charge in [0, 0.05) is 13.1 Å². The molecule has 0 saturated heterocycles. The number of benzene rings is 1. The molecule has 1 aromatic heterocycles. The lowest BCUT2D eigenvalue weighted by molar-refractivity contribution is 0.0697. The zero-order valence-electron chi connectivity index (χ0n) is 11.5. The molecule has 1 aliphatic rings. The van der Waals surface area contributed by atoms with Gasteiger partial charge in [0.2, 0.25) is 0 Å². The average molecular weight is 274 g/mol. The molecule has 1 N–H and O–H groups in total. The lowest BCUT2D eigenvalue weighted by Crippen LogP contribution is -2.33. The predicted molar refractivity (Wildman–Crippen MR) is 76.2 cm³/mol. The van der Waals surface area contributed by atoms with E-state index in [1.165, 1.54) is 25.3 Å². The van der Waals surface area contributed by atoms with Gasteiger partial charge in [-0.3, -0.25) is 0 Å². The second-order valence-corrected chi connectivity index (χ2v) is 5.39. The number of carboxylic acid groups (broad SMARTS) is 1. The monoisotopic (exact) mass is 274 g/mol.